The molecule has 0 aliphatic heterocycles. The molecule has 0 saturated carbocycles. The van der Waals surface area contributed by atoms with Gasteiger partial charge in [-0.25, -0.2) is 0 Å². The van der Waals surface area contributed by atoms with Gasteiger partial charge < -0.3 is 14.6 Å². The summed E-state index contributed by atoms with van der Waals surface area (Å²) >= 11 is 7.69. The van der Waals surface area contributed by atoms with Crippen molar-refractivity contribution in [2.75, 3.05) is 19.0 Å². The van der Waals surface area contributed by atoms with Crippen molar-refractivity contribution < 1.29 is 9.53 Å². The summed E-state index contributed by atoms with van der Waals surface area (Å²) in [5, 5.41) is 21.3. The summed E-state index contributed by atoms with van der Waals surface area (Å²) in [6.45, 7) is 3.02. The number of thioether (sulfide) groups is 1. The lowest BCUT2D eigenvalue weighted by Crippen LogP contribution is -2.23. The number of nitrogens with zero attached hydrogens (tertiary/aromatic N) is 4. The number of carbonyl (C=O) groups is 1. The molecule has 1 aromatic heterocycles. The molecule has 0 aliphatic carbocycles. The molecule has 2 aromatic carbocycles. The van der Waals surface area contributed by atoms with Crippen molar-refractivity contribution in [2.45, 2.75) is 30.3 Å². The Morgan fingerprint density at radius 3 is 2.84 bits per heavy atom. The second-order valence-corrected chi connectivity index (χ2v) is 8.44. The minimum Gasteiger partial charge on any atom is -0.385 e. The molecule has 1 N–H and O–H groups in total. The van der Waals surface area contributed by atoms with E-state index in [9.17, 15) is 4.79 Å². The number of ether oxygens (including phenoxy) is 1. The van der Waals surface area contributed by atoms with E-state index < -0.39 is 5.25 Å². The van der Waals surface area contributed by atoms with Crippen LogP contribution >= 0.6 is 23.4 Å². The van der Waals surface area contributed by atoms with E-state index >= 15 is 0 Å². The summed E-state index contributed by atoms with van der Waals surface area (Å²) in [6.07, 6.45) is 0.765. The van der Waals surface area contributed by atoms with Gasteiger partial charge in [0.25, 0.3) is 0 Å². The average Bonchev–Trinajstić information content (AvgIpc) is 3.16. The van der Waals surface area contributed by atoms with Crippen LogP contribution in [0.3, 0.4) is 0 Å². The molecule has 1 atom stereocenters. The molecule has 9 heteroatoms. The van der Waals surface area contributed by atoms with Gasteiger partial charge in [-0.1, -0.05) is 41.6 Å². The smallest absolute Gasteiger partial charge is 0.237 e. The Hall–Kier alpha value is -2.86. The van der Waals surface area contributed by atoms with Gasteiger partial charge in [-0.3, -0.25) is 4.79 Å². The second-order valence-electron chi connectivity index (χ2n) is 6.73. The first-order valence-corrected chi connectivity index (χ1v) is 10.9. The van der Waals surface area contributed by atoms with Gasteiger partial charge in [0, 0.05) is 31.5 Å². The predicted octanol–water partition coefficient (Wildman–Crippen LogP) is 4.63. The quantitative estimate of drug-likeness (QED) is 0.373. The highest BCUT2D eigenvalue weighted by Gasteiger charge is 2.22. The molecule has 0 saturated heterocycles. The highest BCUT2D eigenvalue weighted by atomic mass is 35.5. The number of carbonyl (C=O) groups excluding carboxylic acids is 1. The summed E-state index contributed by atoms with van der Waals surface area (Å²) in [7, 11) is 1.66. The summed E-state index contributed by atoms with van der Waals surface area (Å²) < 4.78 is 7.14. The van der Waals surface area contributed by atoms with Crippen LogP contribution in [0.25, 0.3) is 11.4 Å². The van der Waals surface area contributed by atoms with E-state index in [2.05, 4.69) is 21.6 Å². The average molecular weight is 456 g/mol. The van der Waals surface area contributed by atoms with Crippen LogP contribution < -0.4 is 5.32 Å². The maximum absolute atomic E-state index is 12.7. The van der Waals surface area contributed by atoms with E-state index in [4.69, 9.17) is 21.6 Å². The Balaban J connectivity index is 1.80. The van der Waals surface area contributed by atoms with Crippen molar-refractivity contribution >= 4 is 35.0 Å². The Kier molecular flexibility index (Phi) is 8.06. The number of anilines is 1. The first-order chi connectivity index (χ1) is 15.0. The normalized spacial score (nSPS) is 11.7. The minimum absolute atomic E-state index is 0.189. The summed E-state index contributed by atoms with van der Waals surface area (Å²) in [4.78, 5) is 12.7. The number of nitriles is 1. The topological polar surface area (TPSA) is 92.8 Å². The third-order valence-corrected chi connectivity index (χ3v) is 5.88. The third-order valence-electron chi connectivity index (χ3n) is 4.47. The van der Waals surface area contributed by atoms with Crippen molar-refractivity contribution in [1.29, 1.82) is 5.26 Å². The predicted molar refractivity (Wildman–Crippen MR) is 122 cm³/mol. The molecule has 0 radical (unpaired) electrons. The zero-order valence-corrected chi connectivity index (χ0v) is 18.8. The molecule has 0 aliphatic rings. The summed E-state index contributed by atoms with van der Waals surface area (Å²) in [6, 6.07) is 16.3. The molecule has 3 rings (SSSR count). The number of benzene rings is 2. The number of halogens is 1. The number of rotatable bonds is 9. The maximum atomic E-state index is 12.7. The molecule has 1 amide bonds. The van der Waals surface area contributed by atoms with Crippen LogP contribution in [0.5, 0.6) is 0 Å². The fraction of sp³-hybridized carbons (Fsp3) is 0.273. The molecule has 3 aromatic rings. The number of methoxy groups -OCH3 is 1. The fourth-order valence-corrected chi connectivity index (χ4v) is 4.00. The van der Waals surface area contributed by atoms with Crippen LogP contribution in [0.1, 0.15) is 18.9 Å². The Morgan fingerprint density at radius 1 is 1.29 bits per heavy atom. The van der Waals surface area contributed by atoms with Crippen molar-refractivity contribution in [3.63, 3.8) is 0 Å². The van der Waals surface area contributed by atoms with Crippen LogP contribution in [-0.2, 0) is 16.1 Å². The zero-order valence-electron chi connectivity index (χ0n) is 17.2. The van der Waals surface area contributed by atoms with Crippen LogP contribution in [0.2, 0.25) is 5.02 Å². The van der Waals surface area contributed by atoms with E-state index in [1.165, 1.54) is 11.8 Å². The van der Waals surface area contributed by atoms with Crippen LogP contribution in [0.15, 0.2) is 53.7 Å². The minimum atomic E-state index is -0.435. The molecular weight excluding hydrogens is 434 g/mol. The summed E-state index contributed by atoms with van der Waals surface area (Å²) in [5.41, 5.74) is 1.85. The Labute approximate surface area is 190 Å². The van der Waals surface area contributed by atoms with Gasteiger partial charge in [0.15, 0.2) is 11.0 Å². The van der Waals surface area contributed by atoms with Gasteiger partial charge in [-0.15, -0.1) is 10.2 Å². The Morgan fingerprint density at radius 2 is 2.10 bits per heavy atom. The van der Waals surface area contributed by atoms with Gasteiger partial charge in [0.05, 0.1) is 21.9 Å². The number of hydrogen-bond donors (Lipinski definition) is 1. The Bertz CT molecular complexity index is 1100. The van der Waals surface area contributed by atoms with Crippen molar-refractivity contribution in [2.24, 2.45) is 0 Å². The van der Waals surface area contributed by atoms with Gasteiger partial charge in [-0.2, -0.15) is 5.26 Å². The highest BCUT2D eigenvalue weighted by molar-refractivity contribution is 8.00. The van der Waals surface area contributed by atoms with E-state index in [0.29, 0.717) is 40.4 Å². The first-order valence-electron chi connectivity index (χ1n) is 9.68. The van der Waals surface area contributed by atoms with Crippen LogP contribution in [-0.4, -0.2) is 39.6 Å². The zero-order chi connectivity index (χ0) is 22.2. The van der Waals surface area contributed by atoms with Gasteiger partial charge in [-0.05, 0) is 43.7 Å². The van der Waals surface area contributed by atoms with E-state index in [0.717, 1.165) is 12.0 Å². The number of hydrogen-bond acceptors (Lipinski definition) is 6. The van der Waals surface area contributed by atoms with E-state index in [1.54, 1.807) is 38.3 Å². The number of nitrogens with one attached hydrogen (secondary N) is 1. The summed E-state index contributed by atoms with van der Waals surface area (Å²) in [5.74, 6) is 0.462. The first kappa shape index (κ1) is 22.8. The SMILES string of the molecule is COCCCn1c(SC(C)C(=O)Nc2cccc(C#N)c2)nnc1-c1ccccc1Cl. The van der Waals surface area contributed by atoms with Crippen LogP contribution in [0, 0.1) is 11.3 Å². The lowest BCUT2D eigenvalue weighted by molar-refractivity contribution is -0.115. The lowest BCUT2D eigenvalue weighted by atomic mass is 10.2. The number of amides is 1. The van der Waals surface area contributed by atoms with Crippen LogP contribution in [0.4, 0.5) is 5.69 Å². The molecular formula is C22H22ClN5O2S. The molecule has 1 unspecified atom stereocenters. The van der Waals surface area contributed by atoms with Crippen molar-refractivity contribution in [1.82, 2.24) is 14.8 Å². The van der Waals surface area contributed by atoms with Gasteiger partial charge >= 0.3 is 0 Å². The molecule has 0 fully saturated rings. The third kappa shape index (κ3) is 5.85. The second kappa shape index (κ2) is 11.0. The van der Waals surface area contributed by atoms with Gasteiger partial charge in [0.1, 0.15) is 0 Å². The largest absolute Gasteiger partial charge is 0.385 e. The molecule has 7 nitrogen and oxygen atoms in total. The molecule has 0 spiro atoms. The maximum Gasteiger partial charge on any atom is 0.237 e. The molecule has 1 heterocycles. The van der Waals surface area contributed by atoms with Crippen molar-refractivity contribution in [3.8, 4) is 17.5 Å². The number of aromatic nitrogens is 3. The highest BCUT2D eigenvalue weighted by Crippen LogP contribution is 2.31. The standard InChI is InChI=1S/C22H22ClN5O2S/c1-15(21(29)25-17-8-5-7-16(13-17)14-24)31-22-27-26-20(28(22)11-6-12-30-2)18-9-3-4-10-19(18)23/h3-5,7-10,13,15H,6,11-12H2,1-2H3,(H,25,29). The van der Waals surface area contributed by atoms with Gasteiger partial charge in [0.2, 0.25) is 5.91 Å². The fourth-order valence-electron chi connectivity index (χ4n) is 2.91. The molecule has 31 heavy (non-hydrogen) atoms. The van der Waals surface area contributed by atoms with E-state index in [-0.39, 0.29) is 5.91 Å². The molecule has 160 valence electrons. The lowest BCUT2D eigenvalue weighted by Gasteiger charge is -2.14. The monoisotopic (exact) mass is 455 g/mol. The van der Waals surface area contributed by atoms with Crippen molar-refractivity contribution in [3.05, 3.63) is 59.1 Å². The molecule has 0 bridgehead atoms. The van der Waals surface area contributed by atoms with E-state index in [1.807, 2.05) is 28.8 Å².